The number of H-pyrrole nitrogens is 1. The number of nitrogens with one attached hydrogen (secondary N) is 2. The van der Waals surface area contributed by atoms with E-state index in [1.807, 2.05) is 0 Å². The fraction of sp³-hybridized carbons (Fsp3) is 0.583. The smallest absolute Gasteiger partial charge is 0.310 e. The topological polar surface area (TPSA) is 95.1 Å². The molecule has 0 radical (unpaired) electrons. The summed E-state index contributed by atoms with van der Waals surface area (Å²) >= 11 is 0. The maximum Gasteiger partial charge on any atom is 0.310 e. The molecule has 0 atom stereocenters. The summed E-state index contributed by atoms with van der Waals surface area (Å²) in [5.74, 6) is -0.414. The Hall–Kier alpha value is -1.85. The molecule has 18 heavy (non-hydrogen) atoms. The zero-order valence-corrected chi connectivity index (χ0v) is 10.1. The van der Waals surface area contributed by atoms with Gasteiger partial charge in [-0.05, 0) is 12.8 Å². The molecule has 0 saturated heterocycles. The van der Waals surface area contributed by atoms with Crippen molar-refractivity contribution in [3.8, 4) is 0 Å². The van der Waals surface area contributed by atoms with Crippen LogP contribution in [0.1, 0.15) is 37.9 Å². The first-order chi connectivity index (χ1) is 8.62. The first-order valence-electron chi connectivity index (χ1n) is 6.11. The van der Waals surface area contributed by atoms with Gasteiger partial charge in [0.2, 0.25) is 5.91 Å². The predicted molar refractivity (Wildman–Crippen MR) is 63.6 cm³/mol. The number of carboxylic acids is 1. The minimum absolute atomic E-state index is 0.0586. The van der Waals surface area contributed by atoms with Crippen molar-refractivity contribution in [2.24, 2.45) is 5.41 Å². The second-order valence-electron chi connectivity index (χ2n) is 4.78. The highest BCUT2D eigenvalue weighted by molar-refractivity contribution is 5.85. The summed E-state index contributed by atoms with van der Waals surface area (Å²) in [5, 5.41) is 12.0. The molecule has 0 spiro atoms. The van der Waals surface area contributed by atoms with Crippen molar-refractivity contribution in [3.05, 3.63) is 18.2 Å². The standard InChI is InChI=1S/C12H17N3O3/c16-10(15-8-9-13-5-6-14-9)7-12(11(17)18)3-1-2-4-12/h5-6H,1-4,7-8H2,(H,13,14)(H,15,16)(H,17,18). The van der Waals surface area contributed by atoms with Gasteiger partial charge in [-0.1, -0.05) is 12.8 Å². The Labute approximate surface area is 105 Å². The summed E-state index contributed by atoms with van der Waals surface area (Å²) in [7, 11) is 0. The van der Waals surface area contributed by atoms with Gasteiger partial charge >= 0.3 is 5.97 Å². The number of aromatic nitrogens is 2. The van der Waals surface area contributed by atoms with Crippen molar-refractivity contribution in [3.63, 3.8) is 0 Å². The van der Waals surface area contributed by atoms with Crippen molar-refractivity contribution in [1.82, 2.24) is 15.3 Å². The van der Waals surface area contributed by atoms with Crippen molar-refractivity contribution in [2.45, 2.75) is 38.6 Å². The second-order valence-corrected chi connectivity index (χ2v) is 4.78. The van der Waals surface area contributed by atoms with Crippen LogP contribution in [-0.4, -0.2) is 27.0 Å². The van der Waals surface area contributed by atoms with E-state index in [1.54, 1.807) is 12.4 Å². The van der Waals surface area contributed by atoms with Crippen molar-refractivity contribution in [2.75, 3.05) is 0 Å². The number of aliphatic carboxylic acids is 1. The van der Waals surface area contributed by atoms with E-state index < -0.39 is 11.4 Å². The van der Waals surface area contributed by atoms with Crippen molar-refractivity contribution in [1.29, 1.82) is 0 Å². The van der Waals surface area contributed by atoms with Crippen LogP contribution in [0.25, 0.3) is 0 Å². The number of rotatable bonds is 5. The number of aromatic amines is 1. The van der Waals surface area contributed by atoms with Gasteiger partial charge in [0.25, 0.3) is 0 Å². The molecule has 6 nitrogen and oxygen atoms in total. The van der Waals surface area contributed by atoms with Crippen LogP contribution in [0.3, 0.4) is 0 Å². The average molecular weight is 251 g/mol. The Kier molecular flexibility index (Phi) is 3.64. The minimum atomic E-state index is -0.854. The van der Waals surface area contributed by atoms with E-state index in [0.717, 1.165) is 12.8 Å². The quantitative estimate of drug-likeness (QED) is 0.729. The lowest BCUT2D eigenvalue weighted by Crippen LogP contribution is -2.35. The van der Waals surface area contributed by atoms with E-state index in [4.69, 9.17) is 0 Å². The molecule has 0 aromatic carbocycles. The summed E-state index contributed by atoms with van der Waals surface area (Å²) in [5.41, 5.74) is -0.854. The highest BCUT2D eigenvalue weighted by Gasteiger charge is 2.42. The maximum absolute atomic E-state index is 11.8. The molecule has 1 fully saturated rings. The van der Waals surface area contributed by atoms with Crippen LogP contribution in [0, 0.1) is 5.41 Å². The van der Waals surface area contributed by atoms with E-state index in [0.29, 0.717) is 25.2 Å². The van der Waals surface area contributed by atoms with Gasteiger partial charge in [-0.25, -0.2) is 4.98 Å². The first kappa shape index (κ1) is 12.6. The summed E-state index contributed by atoms with van der Waals surface area (Å²) < 4.78 is 0. The van der Waals surface area contributed by atoms with Crippen LogP contribution in [0.15, 0.2) is 12.4 Å². The average Bonchev–Trinajstić information content (AvgIpc) is 2.97. The third-order valence-corrected chi connectivity index (χ3v) is 3.52. The molecule has 3 N–H and O–H groups in total. The summed E-state index contributed by atoms with van der Waals surface area (Å²) in [6.07, 6.45) is 6.31. The summed E-state index contributed by atoms with van der Waals surface area (Å²) in [6, 6.07) is 0. The van der Waals surface area contributed by atoms with Crippen LogP contribution < -0.4 is 5.32 Å². The number of hydrogen-bond donors (Lipinski definition) is 3. The molecule has 1 aromatic rings. The molecule has 0 unspecified atom stereocenters. The summed E-state index contributed by atoms with van der Waals surface area (Å²) in [6.45, 7) is 0.307. The molecule has 1 saturated carbocycles. The van der Waals surface area contributed by atoms with E-state index in [1.165, 1.54) is 0 Å². The van der Waals surface area contributed by atoms with Crippen LogP contribution in [0.4, 0.5) is 0 Å². The molecule has 2 rings (SSSR count). The second kappa shape index (κ2) is 5.20. The monoisotopic (exact) mass is 251 g/mol. The Balaban J connectivity index is 1.88. The third-order valence-electron chi connectivity index (χ3n) is 3.52. The molecular formula is C12H17N3O3. The Morgan fingerprint density at radius 1 is 1.44 bits per heavy atom. The Morgan fingerprint density at radius 2 is 2.17 bits per heavy atom. The zero-order valence-electron chi connectivity index (χ0n) is 10.1. The predicted octanol–water partition coefficient (Wildman–Crippen LogP) is 1.06. The Morgan fingerprint density at radius 3 is 2.72 bits per heavy atom. The fourth-order valence-electron chi connectivity index (χ4n) is 2.46. The lowest BCUT2D eigenvalue weighted by molar-refractivity contribution is -0.151. The van der Waals surface area contributed by atoms with Gasteiger partial charge in [-0.3, -0.25) is 9.59 Å². The van der Waals surface area contributed by atoms with E-state index in [-0.39, 0.29) is 12.3 Å². The molecule has 0 bridgehead atoms. The van der Waals surface area contributed by atoms with Gasteiger partial charge in [0.05, 0.1) is 12.0 Å². The highest BCUT2D eigenvalue weighted by atomic mass is 16.4. The highest BCUT2D eigenvalue weighted by Crippen LogP contribution is 2.41. The molecule has 98 valence electrons. The van der Waals surface area contributed by atoms with Gasteiger partial charge in [-0.15, -0.1) is 0 Å². The number of carbonyl (C=O) groups is 2. The van der Waals surface area contributed by atoms with Gasteiger partial charge in [0.15, 0.2) is 0 Å². The molecule has 1 aromatic heterocycles. The van der Waals surface area contributed by atoms with Crippen molar-refractivity contribution < 1.29 is 14.7 Å². The molecular weight excluding hydrogens is 234 g/mol. The maximum atomic E-state index is 11.8. The lowest BCUT2D eigenvalue weighted by atomic mass is 9.82. The SMILES string of the molecule is O=C(CC1(C(=O)O)CCCC1)NCc1ncc[nH]1. The largest absolute Gasteiger partial charge is 0.481 e. The number of carbonyl (C=O) groups excluding carboxylic acids is 1. The van der Waals surface area contributed by atoms with Crippen LogP contribution in [-0.2, 0) is 16.1 Å². The number of carboxylic acid groups (broad SMARTS) is 1. The molecule has 1 aliphatic carbocycles. The van der Waals surface area contributed by atoms with Gasteiger partial charge in [0, 0.05) is 18.8 Å². The molecule has 1 amide bonds. The summed E-state index contributed by atoms with van der Waals surface area (Å²) in [4.78, 5) is 29.9. The van der Waals surface area contributed by atoms with Crippen molar-refractivity contribution >= 4 is 11.9 Å². The van der Waals surface area contributed by atoms with Gasteiger partial charge < -0.3 is 15.4 Å². The van der Waals surface area contributed by atoms with E-state index >= 15 is 0 Å². The van der Waals surface area contributed by atoms with Crippen LogP contribution in [0.5, 0.6) is 0 Å². The van der Waals surface area contributed by atoms with Crippen LogP contribution >= 0.6 is 0 Å². The molecule has 0 aliphatic heterocycles. The number of amides is 1. The zero-order chi connectivity index (χ0) is 13.0. The van der Waals surface area contributed by atoms with E-state index in [2.05, 4.69) is 15.3 Å². The molecule has 1 heterocycles. The fourth-order valence-corrected chi connectivity index (χ4v) is 2.46. The van der Waals surface area contributed by atoms with Gasteiger partial charge in [0.1, 0.15) is 5.82 Å². The van der Waals surface area contributed by atoms with Crippen LogP contribution in [0.2, 0.25) is 0 Å². The minimum Gasteiger partial charge on any atom is -0.481 e. The third kappa shape index (κ3) is 2.69. The lowest BCUT2D eigenvalue weighted by Gasteiger charge is -2.22. The number of nitrogens with zero attached hydrogens (tertiary/aromatic N) is 1. The number of imidazole rings is 1. The van der Waals surface area contributed by atoms with Gasteiger partial charge in [-0.2, -0.15) is 0 Å². The Bertz CT molecular complexity index is 422. The molecule has 1 aliphatic rings. The molecule has 6 heteroatoms. The van der Waals surface area contributed by atoms with E-state index in [9.17, 15) is 14.7 Å². The normalized spacial score (nSPS) is 17.6. The number of hydrogen-bond acceptors (Lipinski definition) is 3. The first-order valence-corrected chi connectivity index (χ1v) is 6.11.